The molecule has 0 bridgehead atoms. The highest BCUT2D eigenvalue weighted by Gasteiger charge is 2.15. The number of hydrogen-bond acceptors (Lipinski definition) is 2. The summed E-state index contributed by atoms with van der Waals surface area (Å²) >= 11 is 0. The van der Waals surface area contributed by atoms with Gasteiger partial charge in [-0.15, -0.1) is 0 Å². The van der Waals surface area contributed by atoms with Crippen LogP contribution in [0, 0.1) is 0 Å². The van der Waals surface area contributed by atoms with Crippen LogP contribution in [0.15, 0.2) is 48.5 Å². The van der Waals surface area contributed by atoms with Crippen molar-refractivity contribution in [1.82, 2.24) is 4.90 Å². The molecule has 2 nitrogen and oxygen atoms in total. The van der Waals surface area contributed by atoms with Crippen LogP contribution in [0.3, 0.4) is 0 Å². The predicted molar refractivity (Wildman–Crippen MR) is 106 cm³/mol. The van der Waals surface area contributed by atoms with Crippen LogP contribution in [0.1, 0.15) is 68.6 Å². The lowest BCUT2D eigenvalue weighted by molar-refractivity contribution is 0.101. The van der Waals surface area contributed by atoms with Crippen molar-refractivity contribution in [3.05, 3.63) is 70.8 Å². The summed E-state index contributed by atoms with van der Waals surface area (Å²) in [5.41, 5.74) is 4.85. The Balaban J connectivity index is 2.13. The van der Waals surface area contributed by atoms with Gasteiger partial charge in [0.25, 0.3) is 0 Å². The molecule has 2 heteroatoms. The number of hydrogen-bond donors (Lipinski definition) is 0. The fourth-order valence-electron chi connectivity index (χ4n) is 2.89. The lowest BCUT2D eigenvalue weighted by Gasteiger charge is -2.27. The van der Waals surface area contributed by atoms with Crippen molar-refractivity contribution in [2.24, 2.45) is 0 Å². The summed E-state index contributed by atoms with van der Waals surface area (Å²) in [7, 11) is 0. The van der Waals surface area contributed by atoms with E-state index in [1.54, 1.807) is 6.92 Å². The summed E-state index contributed by atoms with van der Waals surface area (Å²) in [6, 6.07) is 17.4. The molecule has 0 aromatic heterocycles. The summed E-state index contributed by atoms with van der Waals surface area (Å²) in [5, 5.41) is 0. The van der Waals surface area contributed by atoms with Crippen LogP contribution in [-0.2, 0) is 18.5 Å². The van der Waals surface area contributed by atoms with Gasteiger partial charge in [-0.25, -0.2) is 0 Å². The quantitative estimate of drug-likeness (QED) is 0.640. The van der Waals surface area contributed by atoms with Crippen molar-refractivity contribution >= 4 is 5.78 Å². The maximum absolute atomic E-state index is 11.6. The van der Waals surface area contributed by atoms with Gasteiger partial charge < -0.3 is 0 Å². The summed E-state index contributed by atoms with van der Waals surface area (Å²) in [4.78, 5) is 14.0. The highest BCUT2D eigenvalue weighted by Crippen LogP contribution is 2.23. The first-order valence-electron chi connectivity index (χ1n) is 9.10. The molecule has 0 atom stereocenters. The van der Waals surface area contributed by atoms with E-state index >= 15 is 0 Å². The molecule has 0 saturated heterocycles. The Labute approximate surface area is 152 Å². The van der Waals surface area contributed by atoms with Crippen molar-refractivity contribution in [2.75, 3.05) is 0 Å². The number of carbonyl (C=O) groups is 1. The fraction of sp³-hybridized carbons (Fsp3) is 0.435. The molecule has 0 spiro atoms. The van der Waals surface area contributed by atoms with Gasteiger partial charge in [-0.3, -0.25) is 9.69 Å². The first-order chi connectivity index (χ1) is 11.7. The van der Waals surface area contributed by atoms with Crippen molar-refractivity contribution in [1.29, 1.82) is 0 Å². The van der Waals surface area contributed by atoms with E-state index in [1.807, 2.05) is 18.2 Å². The van der Waals surface area contributed by atoms with E-state index < -0.39 is 0 Å². The van der Waals surface area contributed by atoms with Gasteiger partial charge in [-0.2, -0.15) is 0 Å². The minimum atomic E-state index is 0.121. The van der Waals surface area contributed by atoms with E-state index in [4.69, 9.17) is 0 Å². The molecule has 2 aromatic carbocycles. The molecule has 0 radical (unpaired) electrons. The minimum Gasteiger partial charge on any atom is -0.295 e. The fourth-order valence-corrected chi connectivity index (χ4v) is 2.89. The molecule has 134 valence electrons. The molecule has 2 rings (SSSR count). The zero-order valence-corrected chi connectivity index (χ0v) is 16.5. The number of nitrogens with zero attached hydrogens (tertiary/aromatic N) is 1. The highest BCUT2D eigenvalue weighted by atomic mass is 16.1. The molecule has 2 aromatic rings. The third kappa shape index (κ3) is 5.54. The molecular formula is C23H31NO. The molecule has 0 unspecified atom stereocenters. The third-order valence-corrected chi connectivity index (χ3v) is 4.66. The topological polar surface area (TPSA) is 20.3 Å². The lowest BCUT2D eigenvalue weighted by atomic mass is 9.87. The number of Topliss-reactive ketones (excluding diaryl/α,β-unsaturated/α-hetero) is 1. The van der Waals surface area contributed by atoms with E-state index in [0.717, 1.165) is 18.7 Å². The zero-order valence-electron chi connectivity index (χ0n) is 16.5. The molecule has 0 amide bonds. The first-order valence-corrected chi connectivity index (χ1v) is 9.10. The smallest absolute Gasteiger partial charge is 0.159 e. The number of benzene rings is 2. The van der Waals surface area contributed by atoms with Crippen molar-refractivity contribution < 1.29 is 4.79 Å². The van der Waals surface area contributed by atoms with Crippen LogP contribution in [0.4, 0.5) is 0 Å². The van der Waals surface area contributed by atoms with Gasteiger partial charge in [-0.05, 0) is 48.9 Å². The Morgan fingerprint density at radius 2 is 1.56 bits per heavy atom. The average molecular weight is 338 g/mol. The van der Waals surface area contributed by atoms with Gasteiger partial charge >= 0.3 is 0 Å². The zero-order chi connectivity index (χ0) is 18.6. The van der Waals surface area contributed by atoms with E-state index in [2.05, 4.69) is 69.9 Å². The molecular weight excluding hydrogens is 306 g/mol. The normalized spacial score (nSPS) is 12.0. The van der Waals surface area contributed by atoms with Crippen LogP contribution in [0.2, 0.25) is 0 Å². The Bertz CT molecular complexity index is 708. The van der Waals surface area contributed by atoms with Crippen LogP contribution in [0.5, 0.6) is 0 Å². The molecule has 0 heterocycles. The van der Waals surface area contributed by atoms with E-state index in [1.165, 1.54) is 16.7 Å². The van der Waals surface area contributed by atoms with Gasteiger partial charge in [0.1, 0.15) is 0 Å². The Hall–Kier alpha value is -1.93. The van der Waals surface area contributed by atoms with E-state index in [-0.39, 0.29) is 11.2 Å². The molecule has 0 saturated carbocycles. The average Bonchev–Trinajstić information content (AvgIpc) is 2.54. The van der Waals surface area contributed by atoms with Gasteiger partial charge in [0.15, 0.2) is 5.78 Å². The van der Waals surface area contributed by atoms with Crippen molar-refractivity contribution in [3.8, 4) is 0 Å². The minimum absolute atomic E-state index is 0.121. The SMILES string of the molecule is CC(=O)c1cccc(CN(Cc2ccc(C(C)(C)C)cc2)C(C)C)c1. The van der Waals surface area contributed by atoms with Gasteiger partial charge in [0.2, 0.25) is 0 Å². The van der Waals surface area contributed by atoms with Crippen LogP contribution in [-0.4, -0.2) is 16.7 Å². The highest BCUT2D eigenvalue weighted by molar-refractivity contribution is 5.94. The predicted octanol–water partition coefficient (Wildman–Crippen LogP) is 5.60. The van der Waals surface area contributed by atoms with Crippen molar-refractivity contribution in [2.45, 2.75) is 66.1 Å². The van der Waals surface area contributed by atoms with Crippen LogP contribution < -0.4 is 0 Å². The maximum atomic E-state index is 11.6. The Morgan fingerprint density at radius 1 is 0.960 bits per heavy atom. The third-order valence-electron chi connectivity index (χ3n) is 4.66. The molecule has 0 N–H and O–H groups in total. The number of ketones is 1. The lowest BCUT2D eigenvalue weighted by Crippen LogP contribution is -2.30. The first kappa shape index (κ1) is 19.4. The summed E-state index contributed by atoms with van der Waals surface area (Å²) in [6.07, 6.45) is 0. The van der Waals surface area contributed by atoms with Gasteiger partial charge in [0.05, 0.1) is 0 Å². The standard InChI is InChI=1S/C23H31NO/c1-17(2)24(16-20-8-7-9-21(14-20)18(3)25)15-19-10-12-22(13-11-19)23(4,5)6/h7-14,17H,15-16H2,1-6H3. The molecule has 0 aliphatic rings. The number of rotatable bonds is 6. The second-order valence-corrected chi connectivity index (χ2v) is 8.20. The summed E-state index contributed by atoms with van der Waals surface area (Å²) in [5.74, 6) is 0.121. The maximum Gasteiger partial charge on any atom is 0.159 e. The van der Waals surface area contributed by atoms with Gasteiger partial charge in [0, 0.05) is 24.7 Å². The van der Waals surface area contributed by atoms with Gasteiger partial charge in [-0.1, -0.05) is 63.2 Å². The van der Waals surface area contributed by atoms with Crippen LogP contribution in [0.25, 0.3) is 0 Å². The number of carbonyl (C=O) groups excluding carboxylic acids is 1. The Morgan fingerprint density at radius 3 is 2.08 bits per heavy atom. The summed E-state index contributed by atoms with van der Waals surface area (Å²) in [6.45, 7) is 14.5. The largest absolute Gasteiger partial charge is 0.295 e. The van der Waals surface area contributed by atoms with Crippen LogP contribution >= 0.6 is 0 Å². The van der Waals surface area contributed by atoms with Crippen molar-refractivity contribution in [3.63, 3.8) is 0 Å². The molecule has 0 fully saturated rings. The monoisotopic (exact) mass is 337 g/mol. The van der Waals surface area contributed by atoms with E-state index in [0.29, 0.717) is 6.04 Å². The molecule has 25 heavy (non-hydrogen) atoms. The van der Waals surface area contributed by atoms with E-state index in [9.17, 15) is 4.79 Å². The summed E-state index contributed by atoms with van der Waals surface area (Å²) < 4.78 is 0. The second kappa shape index (κ2) is 7.97. The Kier molecular flexibility index (Phi) is 6.18. The second-order valence-electron chi connectivity index (χ2n) is 8.20. The molecule has 0 aliphatic carbocycles. The molecule has 0 aliphatic heterocycles.